The van der Waals surface area contributed by atoms with Crippen LogP contribution in [0.1, 0.15) is 60.0 Å². The zero-order valence-electron chi connectivity index (χ0n) is 9.12. The van der Waals surface area contributed by atoms with Crippen LogP contribution in [-0.4, -0.2) is 5.97 Å². The topological polar surface area (TPSA) is 40.1 Å². The van der Waals surface area contributed by atoms with E-state index in [0.717, 1.165) is 24.0 Å². The van der Waals surface area contributed by atoms with Gasteiger partial charge < -0.3 is 9.90 Å². The minimum Gasteiger partial charge on any atom is -0.545 e. The highest BCUT2D eigenvalue weighted by molar-refractivity contribution is 5.88. The maximum atomic E-state index is 11.0. The van der Waals surface area contributed by atoms with Crippen LogP contribution in [0.3, 0.4) is 0 Å². The number of hydrogen-bond acceptors (Lipinski definition) is 2. The van der Waals surface area contributed by atoms with E-state index in [-0.39, 0.29) is 0 Å². The number of carbonyl (C=O) groups excluding carboxylic acids is 1. The van der Waals surface area contributed by atoms with Crippen LogP contribution in [0.2, 0.25) is 0 Å². The van der Waals surface area contributed by atoms with Crippen LogP contribution >= 0.6 is 0 Å². The molecule has 1 fully saturated rings. The number of carbonyl (C=O) groups is 1. The Balaban J connectivity index is 2.44. The molecule has 0 saturated heterocycles. The SMILES string of the molecule is CC(C)c1ccc(C2CC2)c(C(=O)[O-])c1. The van der Waals surface area contributed by atoms with Crippen molar-refractivity contribution in [2.24, 2.45) is 0 Å². The normalized spacial score (nSPS) is 15.7. The van der Waals surface area contributed by atoms with Crippen molar-refractivity contribution >= 4 is 5.97 Å². The van der Waals surface area contributed by atoms with Crippen molar-refractivity contribution in [3.05, 3.63) is 34.9 Å². The van der Waals surface area contributed by atoms with Crippen LogP contribution in [0.4, 0.5) is 0 Å². The third-order valence-corrected chi connectivity index (χ3v) is 2.98. The average Bonchev–Trinajstić information content (AvgIpc) is 2.99. The first-order chi connectivity index (χ1) is 7.09. The fraction of sp³-hybridized carbons (Fsp3) is 0.462. The third kappa shape index (κ3) is 2.04. The van der Waals surface area contributed by atoms with E-state index in [0.29, 0.717) is 17.4 Å². The third-order valence-electron chi connectivity index (χ3n) is 2.98. The van der Waals surface area contributed by atoms with Crippen LogP contribution in [0.5, 0.6) is 0 Å². The molecule has 0 aliphatic heterocycles. The number of benzene rings is 1. The molecule has 2 nitrogen and oxygen atoms in total. The smallest absolute Gasteiger partial charge is 0.0718 e. The van der Waals surface area contributed by atoms with Gasteiger partial charge in [0.2, 0.25) is 0 Å². The Morgan fingerprint density at radius 2 is 2.07 bits per heavy atom. The standard InChI is InChI=1S/C13H16O2/c1-8(2)10-5-6-11(9-3-4-9)12(7-10)13(14)15/h5-9H,3-4H2,1-2H3,(H,14,15)/p-1. The van der Waals surface area contributed by atoms with Gasteiger partial charge in [-0.25, -0.2) is 0 Å². The molecule has 0 spiro atoms. The van der Waals surface area contributed by atoms with Gasteiger partial charge in [-0.15, -0.1) is 0 Å². The molecule has 0 heterocycles. The lowest BCUT2D eigenvalue weighted by molar-refractivity contribution is -0.255. The highest BCUT2D eigenvalue weighted by atomic mass is 16.4. The lowest BCUT2D eigenvalue weighted by Crippen LogP contribution is -2.24. The second kappa shape index (κ2) is 3.69. The molecule has 2 rings (SSSR count). The van der Waals surface area contributed by atoms with Crippen molar-refractivity contribution in [2.45, 2.75) is 38.5 Å². The molecule has 80 valence electrons. The van der Waals surface area contributed by atoms with Crippen molar-refractivity contribution in [3.8, 4) is 0 Å². The van der Waals surface area contributed by atoms with E-state index >= 15 is 0 Å². The van der Waals surface area contributed by atoms with Gasteiger partial charge in [-0.1, -0.05) is 26.0 Å². The first-order valence-electron chi connectivity index (χ1n) is 5.44. The van der Waals surface area contributed by atoms with Gasteiger partial charge in [0.25, 0.3) is 0 Å². The fourth-order valence-corrected chi connectivity index (χ4v) is 1.86. The molecule has 0 unspecified atom stereocenters. The summed E-state index contributed by atoms with van der Waals surface area (Å²) in [6.07, 6.45) is 2.22. The summed E-state index contributed by atoms with van der Waals surface area (Å²) < 4.78 is 0. The second-order valence-electron chi connectivity index (χ2n) is 4.56. The molecule has 0 amide bonds. The number of carboxylic acid groups (broad SMARTS) is 1. The van der Waals surface area contributed by atoms with Crippen LogP contribution in [0.15, 0.2) is 18.2 Å². The maximum absolute atomic E-state index is 11.0. The van der Waals surface area contributed by atoms with Gasteiger partial charge in [-0.05, 0) is 41.9 Å². The summed E-state index contributed by atoms with van der Waals surface area (Å²) in [6.45, 7) is 4.12. The minimum absolute atomic E-state index is 0.358. The molecular weight excluding hydrogens is 188 g/mol. The Morgan fingerprint density at radius 3 is 2.53 bits per heavy atom. The fourth-order valence-electron chi connectivity index (χ4n) is 1.86. The van der Waals surface area contributed by atoms with Gasteiger partial charge >= 0.3 is 0 Å². The van der Waals surface area contributed by atoms with Crippen molar-refractivity contribution in [1.82, 2.24) is 0 Å². The number of rotatable bonds is 3. The largest absolute Gasteiger partial charge is 0.545 e. The lowest BCUT2D eigenvalue weighted by Gasteiger charge is -2.13. The summed E-state index contributed by atoms with van der Waals surface area (Å²) in [6, 6.07) is 5.76. The van der Waals surface area contributed by atoms with Gasteiger partial charge in [-0.3, -0.25) is 0 Å². The quantitative estimate of drug-likeness (QED) is 0.754. The first-order valence-corrected chi connectivity index (χ1v) is 5.44. The zero-order valence-corrected chi connectivity index (χ0v) is 9.12. The van der Waals surface area contributed by atoms with E-state index in [9.17, 15) is 9.90 Å². The maximum Gasteiger partial charge on any atom is 0.0718 e. The molecule has 1 aromatic rings. The van der Waals surface area contributed by atoms with E-state index in [1.807, 2.05) is 12.1 Å². The Hall–Kier alpha value is -1.31. The molecule has 0 radical (unpaired) electrons. The Bertz CT molecular complexity index is 390. The highest BCUT2D eigenvalue weighted by Crippen LogP contribution is 2.42. The number of aromatic carboxylic acids is 1. The van der Waals surface area contributed by atoms with Gasteiger partial charge in [0.1, 0.15) is 0 Å². The summed E-state index contributed by atoms with van der Waals surface area (Å²) in [5, 5.41) is 11.0. The first kappa shape index (κ1) is 10.2. The van der Waals surface area contributed by atoms with Crippen molar-refractivity contribution in [1.29, 1.82) is 0 Å². The summed E-state index contributed by atoms with van der Waals surface area (Å²) >= 11 is 0. The molecule has 0 aromatic heterocycles. The van der Waals surface area contributed by atoms with Crippen LogP contribution < -0.4 is 5.11 Å². The molecule has 15 heavy (non-hydrogen) atoms. The van der Waals surface area contributed by atoms with Crippen LogP contribution in [-0.2, 0) is 0 Å². The van der Waals surface area contributed by atoms with Crippen molar-refractivity contribution < 1.29 is 9.90 Å². The summed E-state index contributed by atoms with van der Waals surface area (Å²) in [5.74, 6) is -0.227. The molecule has 0 N–H and O–H groups in total. The molecule has 0 bridgehead atoms. The average molecular weight is 203 g/mol. The Kier molecular flexibility index (Phi) is 2.51. The van der Waals surface area contributed by atoms with E-state index in [1.165, 1.54) is 0 Å². The monoisotopic (exact) mass is 203 g/mol. The zero-order chi connectivity index (χ0) is 11.0. The summed E-state index contributed by atoms with van der Waals surface area (Å²) in [7, 11) is 0. The summed E-state index contributed by atoms with van der Waals surface area (Å²) in [4.78, 5) is 11.0. The van der Waals surface area contributed by atoms with E-state index in [1.54, 1.807) is 6.07 Å². The van der Waals surface area contributed by atoms with Gasteiger partial charge in [0.15, 0.2) is 0 Å². The predicted octanol–water partition coefficient (Wildman–Crippen LogP) is 2.05. The van der Waals surface area contributed by atoms with E-state index < -0.39 is 5.97 Å². The number of carboxylic acids is 1. The van der Waals surface area contributed by atoms with Gasteiger partial charge in [0.05, 0.1) is 5.97 Å². The Morgan fingerprint density at radius 1 is 1.40 bits per heavy atom. The van der Waals surface area contributed by atoms with E-state index in [4.69, 9.17) is 0 Å². The molecule has 0 atom stereocenters. The minimum atomic E-state index is -1.04. The molecule has 1 aliphatic rings. The van der Waals surface area contributed by atoms with Gasteiger partial charge in [-0.2, -0.15) is 0 Å². The van der Waals surface area contributed by atoms with Crippen molar-refractivity contribution in [3.63, 3.8) is 0 Å². The molecule has 2 heteroatoms. The molecular formula is C13H15O2-. The van der Waals surface area contributed by atoms with Crippen LogP contribution in [0, 0.1) is 0 Å². The van der Waals surface area contributed by atoms with Crippen LogP contribution in [0.25, 0.3) is 0 Å². The Labute approximate surface area is 89.9 Å². The second-order valence-corrected chi connectivity index (χ2v) is 4.56. The number of hydrogen-bond donors (Lipinski definition) is 0. The highest BCUT2D eigenvalue weighted by Gasteiger charge is 2.26. The lowest BCUT2D eigenvalue weighted by atomic mass is 9.95. The molecule has 1 aliphatic carbocycles. The molecule has 1 saturated carbocycles. The van der Waals surface area contributed by atoms with E-state index in [2.05, 4.69) is 13.8 Å². The van der Waals surface area contributed by atoms with Crippen molar-refractivity contribution in [2.75, 3.05) is 0 Å². The molecule has 1 aromatic carbocycles. The predicted molar refractivity (Wildman–Crippen MR) is 56.8 cm³/mol. The summed E-state index contributed by atoms with van der Waals surface area (Å²) in [5.41, 5.74) is 2.42. The van der Waals surface area contributed by atoms with Gasteiger partial charge in [0, 0.05) is 5.56 Å².